The van der Waals surface area contributed by atoms with Crippen molar-refractivity contribution in [3.05, 3.63) is 54.1 Å². The van der Waals surface area contributed by atoms with Crippen LogP contribution < -0.4 is 14.8 Å². The van der Waals surface area contributed by atoms with E-state index in [2.05, 4.69) is 5.32 Å². The molecular weight excluding hydrogens is 358 g/mol. The molecule has 0 aromatic heterocycles. The first-order chi connectivity index (χ1) is 13.5. The number of hydrogen-bond donors (Lipinski definition) is 1. The number of hydrogen-bond acceptors (Lipinski definition) is 5. The van der Waals surface area contributed by atoms with Crippen LogP contribution in [0.1, 0.15) is 31.7 Å². The Morgan fingerprint density at radius 2 is 1.68 bits per heavy atom. The molecule has 2 rings (SSSR count). The lowest BCUT2D eigenvalue weighted by Crippen LogP contribution is -2.26. The predicted octanol–water partition coefficient (Wildman–Crippen LogP) is 4.02. The van der Waals surface area contributed by atoms with Gasteiger partial charge in [-0.05, 0) is 23.6 Å². The van der Waals surface area contributed by atoms with E-state index in [4.69, 9.17) is 14.2 Å². The highest BCUT2D eigenvalue weighted by Crippen LogP contribution is 2.30. The van der Waals surface area contributed by atoms with Gasteiger partial charge in [-0.15, -0.1) is 0 Å². The smallest absolute Gasteiger partial charge is 0.314 e. The van der Waals surface area contributed by atoms with Crippen molar-refractivity contribution in [2.45, 2.75) is 26.2 Å². The lowest BCUT2D eigenvalue weighted by molar-refractivity contribution is -0.150. The minimum Gasteiger partial charge on any atom is -0.493 e. The van der Waals surface area contributed by atoms with Crippen LogP contribution in [0.15, 0.2) is 48.5 Å². The fraction of sp³-hybridized carbons (Fsp3) is 0.364. The third-order valence-electron chi connectivity index (χ3n) is 4.64. The highest BCUT2D eigenvalue weighted by molar-refractivity contribution is 5.93. The van der Waals surface area contributed by atoms with Crippen LogP contribution in [0, 0.1) is 5.92 Å². The minimum atomic E-state index is -0.420. The maximum atomic E-state index is 12.6. The van der Waals surface area contributed by atoms with E-state index in [1.807, 2.05) is 44.2 Å². The van der Waals surface area contributed by atoms with Crippen molar-refractivity contribution >= 4 is 17.6 Å². The van der Waals surface area contributed by atoms with Crippen molar-refractivity contribution in [3.63, 3.8) is 0 Å². The Kier molecular flexibility index (Phi) is 7.87. The molecule has 0 fully saturated rings. The number of rotatable bonds is 9. The van der Waals surface area contributed by atoms with Crippen molar-refractivity contribution in [1.82, 2.24) is 0 Å². The number of carbonyl (C=O) groups is 2. The maximum absolute atomic E-state index is 12.6. The molecule has 6 nitrogen and oxygen atoms in total. The van der Waals surface area contributed by atoms with Gasteiger partial charge in [-0.2, -0.15) is 0 Å². The lowest BCUT2D eigenvalue weighted by atomic mass is 9.86. The summed E-state index contributed by atoms with van der Waals surface area (Å²) in [6.45, 7) is 3.67. The standard InChI is InChI=1S/C22H27NO5/c1-5-15(2)21(16-9-7-6-8-10-16)22(25)28-14-20(24)23-17-11-12-18(26-3)19(13-17)27-4/h6-13,15,21H,5,14H2,1-4H3,(H,23,24). The number of nitrogens with one attached hydrogen (secondary N) is 1. The predicted molar refractivity (Wildman–Crippen MR) is 108 cm³/mol. The molecule has 0 spiro atoms. The third kappa shape index (κ3) is 5.49. The summed E-state index contributed by atoms with van der Waals surface area (Å²) in [6.07, 6.45) is 0.826. The number of methoxy groups -OCH3 is 2. The van der Waals surface area contributed by atoms with E-state index in [0.717, 1.165) is 12.0 Å². The minimum absolute atomic E-state index is 0.101. The van der Waals surface area contributed by atoms with E-state index in [-0.39, 0.29) is 12.5 Å². The largest absolute Gasteiger partial charge is 0.493 e. The van der Waals surface area contributed by atoms with E-state index < -0.39 is 17.8 Å². The van der Waals surface area contributed by atoms with Gasteiger partial charge in [0, 0.05) is 11.8 Å². The van der Waals surface area contributed by atoms with Gasteiger partial charge in [0.15, 0.2) is 18.1 Å². The summed E-state index contributed by atoms with van der Waals surface area (Å²) in [5, 5.41) is 2.69. The van der Waals surface area contributed by atoms with Crippen LogP contribution in [0.5, 0.6) is 11.5 Å². The van der Waals surface area contributed by atoms with Gasteiger partial charge in [0.25, 0.3) is 5.91 Å². The summed E-state index contributed by atoms with van der Waals surface area (Å²) >= 11 is 0. The van der Waals surface area contributed by atoms with E-state index >= 15 is 0 Å². The summed E-state index contributed by atoms with van der Waals surface area (Å²) < 4.78 is 15.7. The van der Waals surface area contributed by atoms with Crippen molar-refractivity contribution in [2.24, 2.45) is 5.92 Å². The molecule has 0 radical (unpaired) electrons. The van der Waals surface area contributed by atoms with E-state index in [1.54, 1.807) is 18.2 Å². The number of benzene rings is 2. The van der Waals surface area contributed by atoms with Gasteiger partial charge in [0.1, 0.15) is 0 Å². The number of amides is 1. The quantitative estimate of drug-likeness (QED) is 0.660. The fourth-order valence-corrected chi connectivity index (χ4v) is 2.93. The van der Waals surface area contributed by atoms with Crippen LogP contribution in [0.4, 0.5) is 5.69 Å². The number of ether oxygens (including phenoxy) is 3. The number of carbonyl (C=O) groups excluding carboxylic acids is 2. The molecule has 0 saturated heterocycles. The van der Waals surface area contributed by atoms with Crippen molar-refractivity contribution in [2.75, 3.05) is 26.1 Å². The monoisotopic (exact) mass is 385 g/mol. The summed E-state index contributed by atoms with van der Waals surface area (Å²) in [5.41, 5.74) is 1.42. The highest BCUT2D eigenvalue weighted by atomic mass is 16.5. The normalized spacial score (nSPS) is 12.6. The average Bonchev–Trinajstić information content (AvgIpc) is 2.72. The Morgan fingerprint density at radius 3 is 2.29 bits per heavy atom. The van der Waals surface area contributed by atoms with Crippen LogP contribution in [0.25, 0.3) is 0 Å². The SMILES string of the molecule is CCC(C)C(C(=O)OCC(=O)Nc1ccc(OC)c(OC)c1)c1ccccc1. The Morgan fingerprint density at radius 1 is 1.00 bits per heavy atom. The molecule has 0 saturated carbocycles. The molecule has 28 heavy (non-hydrogen) atoms. The molecule has 2 unspecified atom stereocenters. The van der Waals surface area contributed by atoms with Crippen LogP contribution in [-0.4, -0.2) is 32.7 Å². The summed E-state index contributed by atoms with van der Waals surface area (Å²) in [5.74, 6) is -0.0622. The second-order valence-electron chi connectivity index (χ2n) is 6.50. The molecule has 0 aliphatic rings. The highest BCUT2D eigenvalue weighted by Gasteiger charge is 2.27. The van der Waals surface area contributed by atoms with Gasteiger partial charge >= 0.3 is 5.97 Å². The molecule has 0 heterocycles. The molecule has 0 aliphatic carbocycles. The van der Waals surface area contributed by atoms with E-state index in [0.29, 0.717) is 17.2 Å². The molecule has 2 aromatic rings. The van der Waals surface area contributed by atoms with E-state index in [1.165, 1.54) is 14.2 Å². The van der Waals surface area contributed by atoms with Crippen molar-refractivity contribution in [1.29, 1.82) is 0 Å². The average molecular weight is 385 g/mol. The van der Waals surface area contributed by atoms with Gasteiger partial charge in [0.05, 0.1) is 20.1 Å². The lowest BCUT2D eigenvalue weighted by Gasteiger charge is -2.21. The molecule has 0 bridgehead atoms. The first-order valence-corrected chi connectivity index (χ1v) is 9.23. The van der Waals surface area contributed by atoms with E-state index in [9.17, 15) is 9.59 Å². The maximum Gasteiger partial charge on any atom is 0.314 e. The Bertz CT molecular complexity index is 791. The summed E-state index contributed by atoms with van der Waals surface area (Å²) in [4.78, 5) is 24.9. The zero-order valence-corrected chi connectivity index (χ0v) is 16.7. The van der Waals surface area contributed by atoms with Crippen LogP contribution >= 0.6 is 0 Å². The van der Waals surface area contributed by atoms with Gasteiger partial charge < -0.3 is 19.5 Å². The molecule has 1 amide bonds. The zero-order chi connectivity index (χ0) is 20.5. The number of esters is 1. The zero-order valence-electron chi connectivity index (χ0n) is 16.7. The van der Waals surface area contributed by atoms with Crippen LogP contribution in [0.2, 0.25) is 0 Å². The van der Waals surface area contributed by atoms with Crippen LogP contribution in [-0.2, 0) is 14.3 Å². The van der Waals surface area contributed by atoms with Crippen molar-refractivity contribution in [3.8, 4) is 11.5 Å². The second-order valence-corrected chi connectivity index (χ2v) is 6.50. The molecule has 0 aliphatic heterocycles. The Hall–Kier alpha value is -3.02. The molecular formula is C22H27NO5. The molecule has 2 aromatic carbocycles. The summed E-state index contributed by atoms with van der Waals surface area (Å²) in [7, 11) is 3.06. The second kappa shape index (κ2) is 10.3. The van der Waals surface area contributed by atoms with Crippen molar-refractivity contribution < 1.29 is 23.8 Å². The molecule has 150 valence electrons. The molecule has 1 N–H and O–H groups in total. The molecule has 2 atom stereocenters. The molecule has 6 heteroatoms. The Balaban J connectivity index is 1.99. The third-order valence-corrected chi connectivity index (χ3v) is 4.64. The van der Waals surface area contributed by atoms with Gasteiger partial charge in [-0.25, -0.2) is 0 Å². The fourth-order valence-electron chi connectivity index (χ4n) is 2.93. The summed E-state index contributed by atoms with van der Waals surface area (Å²) in [6, 6.07) is 14.5. The van der Waals surface area contributed by atoms with Gasteiger partial charge in [-0.1, -0.05) is 50.6 Å². The topological polar surface area (TPSA) is 73.9 Å². The van der Waals surface area contributed by atoms with Crippen LogP contribution in [0.3, 0.4) is 0 Å². The first kappa shape index (κ1) is 21.3. The number of anilines is 1. The van der Waals surface area contributed by atoms with Gasteiger partial charge in [-0.3, -0.25) is 9.59 Å². The first-order valence-electron chi connectivity index (χ1n) is 9.23. The Labute approximate surface area is 165 Å². The van der Waals surface area contributed by atoms with Gasteiger partial charge in [0.2, 0.25) is 0 Å².